The van der Waals surface area contributed by atoms with Crippen LogP contribution in [0.15, 0.2) is 36.5 Å². The van der Waals surface area contributed by atoms with Gasteiger partial charge in [-0.3, -0.25) is 4.98 Å². The second kappa shape index (κ2) is 8.41. The molecule has 0 aliphatic heterocycles. The Balaban J connectivity index is 1.62. The Kier molecular flexibility index (Phi) is 6.18. The van der Waals surface area contributed by atoms with E-state index in [1.165, 1.54) is 44.2 Å². The Morgan fingerprint density at radius 3 is 2.26 bits per heavy atom. The first-order valence-electron chi connectivity index (χ1n) is 9.69. The van der Waals surface area contributed by atoms with E-state index in [-0.39, 0.29) is 5.56 Å². The van der Waals surface area contributed by atoms with Gasteiger partial charge in [0.1, 0.15) is 11.5 Å². The molecule has 0 bridgehead atoms. The molecule has 0 spiro atoms. The highest BCUT2D eigenvalue weighted by Crippen LogP contribution is 2.34. The topological polar surface area (TPSA) is 12.9 Å². The number of rotatable bonds is 5. The predicted octanol–water partition coefficient (Wildman–Crippen LogP) is 7.06. The molecule has 1 fully saturated rings. The summed E-state index contributed by atoms with van der Waals surface area (Å²) >= 11 is 0. The Bertz CT molecular complexity index is 744. The van der Waals surface area contributed by atoms with Crippen LogP contribution < -0.4 is 0 Å². The molecule has 1 aliphatic carbocycles. The van der Waals surface area contributed by atoms with E-state index in [2.05, 4.69) is 11.9 Å². The van der Waals surface area contributed by atoms with Crippen LogP contribution in [0.1, 0.15) is 56.7 Å². The Morgan fingerprint density at radius 1 is 1.00 bits per heavy atom. The molecule has 146 valence electrons. The summed E-state index contributed by atoms with van der Waals surface area (Å²) in [4.78, 5) is 3.41. The van der Waals surface area contributed by atoms with Crippen LogP contribution in [-0.4, -0.2) is 4.98 Å². The summed E-state index contributed by atoms with van der Waals surface area (Å²) in [6.07, 6.45) is 4.88. The summed E-state index contributed by atoms with van der Waals surface area (Å²) in [5.41, 5.74) is 0.600. The molecule has 0 amide bonds. The molecule has 0 saturated heterocycles. The summed E-state index contributed by atoms with van der Waals surface area (Å²) in [6.45, 7) is 2.25. The van der Waals surface area contributed by atoms with E-state index in [1.807, 2.05) is 6.07 Å². The van der Waals surface area contributed by atoms with E-state index in [0.717, 1.165) is 42.5 Å². The molecule has 1 heterocycles. The second-order valence-corrected chi connectivity index (χ2v) is 7.58. The standard InChI is InChI=1S/C22H25F4N/c1-2-15-3-5-16(6-4-15)7-8-17-9-11-19(20(23)13-17)18-10-12-21(27-14-18)22(24,25)26/h9-16H,2-8H2,1H3/t15-,16-. The van der Waals surface area contributed by atoms with E-state index in [1.54, 1.807) is 6.07 Å². The van der Waals surface area contributed by atoms with Crippen molar-refractivity contribution in [3.63, 3.8) is 0 Å². The van der Waals surface area contributed by atoms with Gasteiger partial charge in [-0.05, 0) is 42.4 Å². The van der Waals surface area contributed by atoms with Gasteiger partial charge in [0.2, 0.25) is 0 Å². The lowest BCUT2D eigenvalue weighted by atomic mass is 9.78. The fourth-order valence-corrected chi connectivity index (χ4v) is 3.97. The van der Waals surface area contributed by atoms with Gasteiger partial charge in [0, 0.05) is 17.3 Å². The van der Waals surface area contributed by atoms with Gasteiger partial charge >= 0.3 is 6.18 Å². The first-order valence-corrected chi connectivity index (χ1v) is 9.69. The Morgan fingerprint density at radius 2 is 1.70 bits per heavy atom. The van der Waals surface area contributed by atoms with Crippen LogP contribution in [0.2, 0.25) is 0 Å². The van der Waals surface area contributed by atoms with Crippen molar-refractivity contribution in [2.24, 2.45) is 11.8 Å². The van der Waals surface area contributed by atoms with Crippen molar-refractivity contribution in [1.82, 2.24) is 4.98 Å². The molecule has 5 heteroatoms. The second-order valence-electron chi connectivity index (χ2n) is 7.58. The van der Waals surface area contributed by atoms with Gasteiger partial charge in [0.15, 0.2) is 0 Å². The summed E-state index contributed by atoms with van der Waals surface area (Å²) in [7, 11) is 0. The third-order valence-corrected chi connectivity index (χ3v) is 5.78. The summed E-state index contributed by atoms with van der Waals surface area (Å²) in [5, 5.41) is 0. The molecule has 1 saturated carbocycles. The Labute approximate surface area is 157 Å². The van der Waals surface area contributed by atoms with Crippen LogP contribution in [0.4, 0.5) is 17.6 Å². The van der Waals surface area contributed by atoms with Crippen LogP contribution in [-0.2, 0) is 12.6 Å². The van der Waals surface area contributed by atoms with Gasteiger partial charge in [0.25, 0.3) is 0 Å². The monoisotopic (exact) mass is 379 g/mol. The van der Waals surface area contributed by atoms with Crippen LogP contribution in [0.5, 0.6) is 0 Å². The first-order chi connectivity index (χ1) is 12.9. The normalized spacial score (nSPS) is 20.6. The first kappa shape index (κ1) is 19.8. The number of hydrogen-bond donors (Lipinski definition) is 0. The van der Waals surface area contributed by atoms with Crippen molar-refractivity contribution in [2.45, 2.75) is 58.0 Å². The molecule has 0 unspecified atom stereocenters. The zero-order valence-electron chi connectivity index (χ0n) is 15.5. The van der Waals surface area contributed by atoms with E-state index in [0.29, 0.717) is 5.56 Å². The highest BCUT2D eigenvalue weighted by molar-refractivity contribution is 5.63. The molecule has 1 aromatic carbocycles. The number of aryl methyl sites for hydroxylation is 1. The highest BCUT2D eigenvalue weighted by atomic mass is 19.4. The molecule has 1 aliphatic rings. The van der Waals surface area contributed by atoms with Gasteiger partial charge in [-0.25, -0.2) is 4.39 Å². The number of hydrogen-bond acceptors (Lipinski definition) is 1. The van der Waals surface area contributed by atoms with Crippen molar-refractivity contribution in [2.75, 3.05) is 0 Å². The number of nitrogens with zero attached hydrogens (tertiary/aromatic N) is 1. The van der Waals surface area contributed by atoms with Crippen LogP contribution in [0.3, 0.4) is 0 Å². The van der Waals surface area contributed by atoms with E-state index in [9.17, 15) is 17.6 Å². The molecule has 2 aromatic rings. The van der Waals surface area contributed by atoms with Crippen LogP contribution >= 0.6 is 0 Å². The van der Waals surface area contributed by atoms with Crippen LogP contribution in [0, 0.1) is 17.7 Å². The predicted molar refractivity (Wildman–Crippen MR) is 98.7 cm³/mol. The van der Waals surface area contributed by atoms with E-state index in [4.69, 9.17) is 0 Å². The lowest BCUT2D eigenvalue weighted by Crippen LogP contribution is -2.14. The van der Waals surface area contributed by atoms with Crippen LogP contribution in [0.25, 0.3) is 11.1 Å². The van der Waals surface area contributed by atoms with Crippen molar-refractivity contribution in [1.29, 1.82) is 0 Å². The lowest BCUT2D eigenvalue weighted by molar-refractivity contribution is -0.141. The van der Waals surface area contributed by atoms with E-state index >= 15 is 0 Å². The number of benzene rings is 1. The van der Waals surface area contributed by atoms with Crippen molar-refractivity contribution >= 4 is 0 Å². The van der Waals surface area contributed by atoms with Gasteiger partial charge < -0.3 is 0 Å². The van der Waals surface area contributed by atoms with Crippen molar-refractivity contribution in [3.8, 4) is 11.1 Å². The highest BCUT2D eigenvalue weighted by Gasteiger charge is 2.32. The minimum absolute atomic E-state index is 0.281. The molecule has 1 aromatic heterocycles. The van der Waals surface area contributed by atoms with Gasteiger partial charge in [0.05, 0.1) is 0 Å². The quantitative estimate of drug-likeness (QED) is 0.507. The summed E-state index contributed by atoms with van der Waals surface area (Å²) < 4.78 is 52.3. The SMILES string of the molecule is CC[C@H]1CC[C@H](CCc2ccc(-c3ccc(C(F)(F)F)nc3)c(F)c2)CC1. The third kappa shape index (κ3) is 5.08. The average Bonchev–Trinajstić information content (AvgIpc) is 2.66. The molecule has 1 nitrogen and oxygen atoms in total. The van der Waals surface area contributed by atoms with Crippen molar-refractivity contribution in [3.05, 3.63) is 53.6 Å². The van der Waals surface area contributed by atoms with Gasteiger partial charge in [-0.2, -0.15) is 13.2 Å². The molecular weight excluding hydrogens is 354 g/mol. The van der Waals surface area contributed by atoms with E-state index < -0.39 is 17.7 Å². The molecule has 27 heavy (non-hydrogen) atoms. The summed E-state index contributed by atoms with van der Waals surface area (Å²) in [6, 6.07) is 7.16. The largest absolute Gasteiger partial charge is 0.433 e. The minimum atomic E-state index is -4.49. The maximum Gasteiger partial charge on any atom is 0.433 e. The minimum Gasteiger partial charge on any atom is -0.251 e. The zero-order chi connectivity index (χ0) is 19.4. The smallest absolute Gasteiger partial charge is 0.251 e. The molecular formula is C22H25F4N. The number of pyridine rings is 1. The average molecular weight is 379 g/mol. The fourth-order valence-electron chi connectivity index (χ4n) is 3.97. The zero-order valence-corrected chi connectivity index (χ0v) is 15.5. The molecule has 0 atom stereocenters. The van der Waals surface area contributed by atoms with Gasteiger partial charge in [-0.1, -0.05) is 57.2 Å². The molecule has 0 N–H and O–H groups in total. The van der Waals surface area contributed by atoms with Gasteiger partial charge in [-0.15, -0.1) is 0 Å². The maximum absolute atomic E-state index is 14.5. The van der Waals surface area contributed by atoms with Crippen molar-refractivity contribution < 1.29 is 17.6 Å². The molecule has 0 radical (unpaired) electrons. The number of halogens is 4. The molecule has 3 rings (SSSR count). The fraction of sp³-hybridized carbons (Fsp3) is 0.500. The Hall–Kier alpha value is -1.91. The number of aromatic nitrogens is 1. The summed E-state index contributed by atoms with van der Waals surface area (Å²) in [5.74, 6) is 1.17. The third-order valence-electron chi connectivity index (χ3n) is 5.78. The number of alkyl halides is 3. The maximum atomic E-state index is 14.5. The lowest BCUT2D eigenvalue weighted by Gasteiger charge is -2.27.